The monoisotopic (exact) mass is 366 g/mol. The van der Waals surface area contributed by atoms with E-state index in [0.717, 1.165) is 68.7 Å². The van der Waals surface area contributed by atoms with Crippen molar-refractivity contribution in [2.75, 3.05) is 18.4 Å². The van der Waals surface area contributed by atoms with Gasteiger partial charge in [0.15, 0.2) is 5.82 Å². The van der Waals surface area contributed by atoms with Crippen LogP contribution in [0.5, 0.6) is 0 Å². The number of benzene rings is 1. The fourth-order valence-electron chi connectivity index (χ4n) is 3.96. The number of likely N-dealkylation sites (tertiary alicyclic amines) is 1. The van der Waals surface area contributed by atoms with Gasteiger partial charge in [0.25, 0.3) is 11.8 Å². The summed E-state index contributed by atoms with van der Waals surface area (Å²) >= 11 is 0. The van der Waals surface area contributed by atoms with Gasteiger partial charge in [-0.2, -0.15) is 0 Å². The molecule has 0 unspecified atom stereocenters. The number of hydrogen-bond acceptors (Lipinski definition) is 3. The Morgan fingerprint density at radius 2 is 1.67 bits per heavy atom. The molecule has 142 valence electrons. The molecule has 0 atom stereocenters. The van der Waals surface area contributed by atoms with Crippen molar-refractivity contribution in [3.05, 3.63) is 47.0 Å². The predicted molar refractivity (Wildman–Crippen MR) is 104 cm³/mol. The summed E-state index contributed by atoms with van der Waals surface area (Å²) < 4.78 is 1.95. The highest BCUT2D eigenvalue weighted by atomic mass is 16.2. The average molecular weight is 366 g/mol. The van der Waals surface area contributed by atoms with Gasteiger partial charge in [0.2, 0.25) is 0 Å². The van der Waals surface area contributed by atoms with E-state index in [1.54, 1.807) is 0 Å². The average Bonchev–Trinajstić information content (AvgIpc) is 3.10. The Balaban J connectivity index is 1.62. The molecule has 4 rings (SSSR count). The van der Waals surface area contributed by atoms with E-state index in [2.05, 4.69) is 10.3 Å². The summed E-state index contributed by atoms with van der Waals surface area (Å²) in [5.41, 5.74) is 3.28. The van der Waals surface area contributed by atoms with Gasteiger partial charge in [-0.25, -0.2) is 4.98 Å². The predicted octanol–water partition coefficient (Wildman–Crippen LogP) is 3.41. The Hall–Kier alpha value is -2.63. The first-order valence-corrected chi connectivity index (χ1v) is 9.90. The number of nitrogens with zero attached hydrogens (tertiary/aromatic N) is 3. The highest BCUT2D eigenvalue weighted by molar-refractivity contribution is 6.03. The lowest BCUT2D eigenvalue weighted by atomic mass is 10.1. The molecule has 0 spiro atoms. The first kappa shape index (κ1) is 17.8. The summed E-state index contributed by atoms with van der Waals surface area (Å²) in [6.07, 6.45) is 6.11. The van der Waals surface area contributed by atoms with E-state index >= 15 is 0 Å². The van der Waals surface area contributed by atoms with Gasteiger partial charge in [0, 0.05) is 25.3 Å². The number of carbonyl (C=O) groups excluding carboxylic acids is 2. The van der Waals surface area contributed by atoms with E-state index in [-0.39, 0.29) is 11.8 Å². The molecule has 1 fully saturated rings. The third kappa shape index (κ3) is 3.61. The van der Waals surface area contributed by atoms with Gasteiger partial charge in [0.1, 0.15) is 5.69 Å². The molecule has 1 N–H and O–H groups in total. The molecule has 1 aromatic heterocycles. The Kier molecular flexibility index (Phi) is 4.97. The summed E-state index contributed by atoms with van der Waals surface area (Å²) in [5, 5.41) is 2.92. The van der Waals surface area contributed by atoms with Crippen LogP contribution in [0.15, 0.2) is 24.3 Å². The minimum Gasteiger partial charge on any atom is -0.337 e. The first-order valence-electron chi connectivity index (χ1n) is 9.90. The molecular weight excluding hydrogens is 340 g/mol. The van der Waals surface area contributed by atoms with E-state index in [0.29, 0.717) is 11.5 Å². The molecule has 2 aliphatic rings. The van der Waals surface area contributed by atoms with Crippen LogP contribution in [-0.4, -0.2) is 39.4 Å². The van der Waals surface area contributed by atoms with Crippen LogP contribution in [0.4, 0.5) is 5.69 Å². The zero-order valence-electron chi connectivity index (χ0n) is 15.8. The number of fused-ring (bicyclic) bond motifs is 1. The number of aryl methyl sites for hydroxylation is 1. The minimum absolute atomic E-state index is 0.0188. The van der Waals surface area contributed by atoms with Gasteiger partial charge < -0.3 is 14.8 Å². The van der Waals surface area contributed by atoms with Crippen molar-refractivity contribution in [3.63, 3.8) is 0 Å². The van der Waals surface area contributed by atoms with Crippen molar-refractivity contribution >= 4 is 17.5 Å². The molecule has 2 aromatic rings. The lowest BCUT2D eigenvalue weighted by Gasteiger charge is -2.26. The van der Waals surface area contributed by atoms with Crippen molar-refractivity contribution in [1.29, 1.82) is 0 Å². The minimum atomic E-state index is -0.250. The fourth-order valence-corrected chi connectivity index (χ4v) is 3.96. The first-order chi connectivity index (χ1) is 13.1. The largest absolute Gasteiger partial charge is 0.337 e. The third-order valence-electron chi connectivity index (χ3n) is 5.48. The SMILES string of the molecule is Cc1ccc(NC(=O)c2nc(C(=O)N3CCCCC3)c3n2CCCC3)cc1. The standard InChI is InChI=1S/C21H26N4O2/c1-15-8-10-16(11-9-15)22-20(26)19-23-18(17-7-3-6-14-25(17)19)21(27)24-12-4-2-5-13-24/h8-11H,2-7,12-14H2,1H3,(H,22,26). The smallest absolute Gasteiger partial charge is 0.291 e. The maximum Gasteiger partial charge on any atom is 0.291 e. The zero-order chi connectivity index (χ0) is 18.8. The molecule has 1 aromatic carbocycles. The second-order valence-electron chi connectivity index (χ2n) is 7.51. The number of anilines is 1. The normalized spacial score (nSPS) is 16.7. The molecule has 0 radical (unpaired) electrons. The van der Waals surface area contributed by atoms with Crippen LogP contribution < -0.4 is 5.32 Å². The molecule has 0 bridgehead atoms. The second-order valence-corrected chi connectivity index (χ2v) is 7.51. The van der Waals surface area contributed by atoms with Gasteiger partial charge in [-0.05, 0) is 57.6 Å². The molecule has 6 heteroatoms. The number of nitrogens with one attached hydrogen (secondary N) is 1. The van der Waals surface area contributed by atoms with Crippen molar-refractivity contribution in [2.45, 2.75) is 52.0 Å². The molecule has 2 aliphatic heterocycles. The molecular formula is C21H26N4O2. The molecule has 27 heavy (non-hydrogen) atoms. The van der Waals surface area contributed by atoms with E-state index < -0.39 is 0 Å². The molecule has 2 amide bonds. The van der Waals surface area contributed by atoms with Gasteiger partial charge >= 0.3 is 0 Å². The van der Waals surface area contributed by atoms with E-state index in [4.69, 9.17) is 0 Å². The second kappa shape index (κ2) is 7.55. The van der Waals surface area contributed by atoms with Crippen molar-refractivity contribution in [1.82, 2.24) is 14.5 Å². The highest BCUT2D eigenvalue weighted by Crippen LogP contribution is 2.24. The molecule has 6 nitrogen and oxygen atoms in total. The maximum absolute atomic E-state index is 13.0. The van der Waals surface area contributed by atoms with E-state index in [1.165, 1.54) is 6.42 Å². The molecule has 1 saturated heterocycles. The Morgan fingerprint density at radius 3 is 2.41 bits per heavy atom. The number of aromatic nitrogens is 2. The molecule has 0 saturated carbocycles. The fraction of sp³-hybridized carbons (Fsp3) is 0.476. The Bertz CT molecular complexity index is 848. The lowest BCUT2D eigenvalue weighted by Crippen LogP contribution is -2.36. The zero-order valence-corrected chi connectivity index (χ0v) is 15.8. The van der Waals surface area contributed by atoms with Gasteiger partial charge in [-0.1, -0.05) is 17.7 Å². The van der Waals surface area contributed by atoms with Crippen LogP contribution in [0.2, 0.25) is 0 Å². The number of hydrogen-bond donors (Lipinski definition) is 1. The highest BCUT2D eigenvalue weighted by Gasteiger charge is 2.30. The van der Waals surface area contributed by atoms with Crippen LogP contribution in [-0.2, 0) is 13.0 Å². The summed E-state index contributed by atoms with van der Waals surface area (Å²) in [6.45, 7) is 4.33. The van der Waals surface area contributed by atoms with E-state index in [9.17, 15) is 9.59 Å². The Morgan fingerprint density at radius 1 is 0.963 bits per heavy atom. The quantitative estimate of drug-likeness (QED) is 0.905. The molecule has 0 aliphatic carbocycles. The number of piperidine rings is 1. The molecule has 3 heterocycles. The van der Waals surface area contributed by atoms with Gasteiger partial charge in [-0.3, -0.25) is 9.59 Å². The van der Waals surface area contributed by atoms with Crippen molar-refractivity contribution in [3.8, 4) is 0 Å². The summed E-state index contributed by atoms with van der Waals surface area (Å²) in [5.74, 6) is 0.0834. The number of carbonyl (C=O) groups is 2. The number of imidazole rings is 1. The van der Waals surface area contributed by atoms with Crippen LogP contribution in [0.1, 0.15) is 64.5 Å². The van der Waals surface area contributed by atoms with Gasteiger partial charge in [0.05, 0.1) is 5.69 Å². The summed E-state index contributed by atoms with van der Waals surface area (Å²) in [6, 6.07) is 7.68. The van der Waals surface area contributed by atoms with Crippen molar-refractivity contribution < 1.29 is 9.59 Å². The topological polar surface area (TPSA) is 67.2 Å². The third-order valence-corrected chi connectivity index (χ3v) is 5.48. The van der Waals surface area contributed by atoms with Crippen LogP contribution in [0.25, 0.3) is 0 Å². The van der Waals surface area contributed by atoms with Gasteiger partial charge in [-0.15, -0.1) is 0 Å². The van der Waals surface area contributed by atoms with Crippen LogP contribution in [0.3, 0.4) is 0 Å². The summed E-state index contributed by atoms with van der Waals surface area (Å²) in [4.78, 5) is 32.3. The Labute approximate surface area is 159 Å². The summed E-state index contributed by atoms with van der Waals surface area (Å²) in [7, 11) is 0. The van der Waals surface area contributed by atoms with Crippen LogP contribution >= 0.6 is 0 Å². The van der Waals surface area contributed by atoms with Crippen LogP contribution in [0, 0.1) is 6.92 Å². The number of amides is 2. The van der Waals surface area contributed by atoms with E-state index in [1.807, 2.05) is 40.7 Å². The van der Waals surface area contributed by atoms with Crippen molar-refractivity contribution in [2.24, 2.45) is 0 Å². The maximum atomic E-state index is 13.0. The number of rotatable bonds is 3. The lowest BCUT2D eigenvalue weighted by molar-refractivity contribution is 0.0717.